The molecule has 1 heterocycles. The van der Waals surface area contributed by atoms with Crippen LogP contribution in [0, 0.1) is 0 Å². The van der Waals surface area contributed by atoms with Gasteiger partial charge in [-0.3, -0.25) is 4.79 Å². The Kier molecular flexibility index (Phi) is 3.33. The molecule has 1 aliphatic carbocycles. The fraction of sp³-hybridized carbons (Fsp3) is 0.267. The molecule has 1 aliphatic rings. The third kappa shape index (κ3) is 2.61. The van der Waals surface area contributed by atoms with Crippen molar-refractivity contribution < 1.29 is 4.79 Å². The van der Waals surface area contributed by atoms with Gasteiger partial charge in [-0.25, -0.2) is 9.97 Å². The number of nitrogens with two attached hydrogens (primary N) is 1. The Balaban J connectivity index is 1.69. The van der Waals surface area contributed by atoms with Crippen molar-refractivity contribution in [2.75, 3.05) is 5.32 Å². The molecule has 3 rings (SSSR count). The number of nitrogens with zero attached hydrogens (tertiary/aromatic N) is 2. The highest BCUT2D eigenvalue weighted by Gasteiger charge is 2.18. The Bertz CT molecular complexity index is 624. The molecule has 5 heteroatoms. The summed E-state index contributed by atoms with van der Waals surface area (Å²) in [5.74, 6) is 0.0301. The van der Waals surface area contributed by atoms with Gasteiger partial charge in [0.05, 0.1) is 5.56 Å². The number of hydrogen-bond donors (Lipinski definition) is 2. The Labute approximate surface area is 117 Å². The molecule has 102 valence electrons. The normalized spacial score (nSPS) is 17.3. The van der Waals surface area contributed by atoms with E-state index < -0.39 is 5.91 Å². The van der Waals surface area contributed by atoms with Crippen LogP contribution in [-0.4, -0.2) is 21.9 Å². The van der Waals surface area contributed by atoms with Gasteiger partial charge in [0.15, 0.2) is 0 Å². The molecule has 0 bridgehead atoms. The predicted octanol–water partition coefficient (Wildman–Crippen LogP) is 1.54. The zero-order chi connectivity index (χ0) is 13.9. The van der Waals surface area contributed by atoms with E-state index in [4.69, 9.17) is 5.73 Å². The number of anilines is 1. The first-order valence-electron chi connectivity index (χ1n) is 6.67. The maximum absolute atomic E-state index is 11.0. The molecule has 1 aromatic heterocycles. The fourth-order valence-electron chi connectivity index (χ4n) is 2.53. The summed E-state index contributed by atoms with van der Waals surface area (Å²) in [4.78, 5) is 19.2. The summed E-state index contributed by atoms with van der Waals surface area (Å²) >= 11 is 0. The maximum Gasteiger partial charge on any atom is 0.251 e. The van der Waals surface area contributed by atoms with E-state index in [1.807, 2.05) is 0 Å². The number of amides is 1. The SMILES string of the molecule is NC(=O)c1cnc(N[C@H]2CCc3ccccc3C2)nc1. The number of rotatable bonds is 3. The van der Waals surface area contributed by atoms with Crippen LogP contribution in [0.4, 0.5) is 5.95 Å². The van der Waals surface area contributed by atoms with E-state index in [-0.39, 0.29) is 0 Å². The molecule has 1 amide bonds. The van der Waals surface area contributed by atoms with E-state index in [1.54, 1.807) is 0 Å². The summed E-state index contributed by atoms with van der Waals surface area (Å²) < 4.78 is 0. The predicted molar refractivity (Wildman–Crippen MR) is 76.4 cm³/mol. The second kappa shape index (κ2) is 5.28. The molecule has 0 saturated carbocycles. The van der Waals surface area contributed by atoms with E-state index >= 15 is 0 Å². The molecule has 20 heavy (non-hydrogen) atoms. The number of nitrogens with one attached hydrogen (secondary N) is 1. The second-order valence-electron chi connectivity index (χ2n) is 5.01. The van der Waals surface area contributed by atoms with E-state index in [1.165, 1.54) is 23.5 Å². The van der Waals surface area contributed by atoms with Crippen molar-refractivity contribution in [3.8, 4) is 0 Å². The van der Waals surface area contributed by atoms with Gasteiger partial charge in [-0.1, -0.05) is 24.3 Å². The van der Waals surface area contributed by atoms with Crippen LogP contribution in [0.1, 0.15) is 27.9 Å². The summed E-state index contributed by atoms with van der Waals surface area (Å²) in [5.41, 5.74) is 8.29. The van der Waals surface area contributed by atoms with Gasteiger partial charge in [-0.2, -0.15) is 0 Å². The molecule has 0 fully saturated rings. The molecule has 0 unspecified atom stereocenters. The number of primary amides is 1. The average molecular weight is 268 g/mol. The van der Waals surface area contributed by atoms with E-state index in [0.717, 1.165) is 19.3 Å². The fourth-order valence-corrected chi connectivity index (χ4v) is 2.53. The van der Waals surface area contributed by atoms with Crippen molar-refractivity contribution in [2.45, 2.75) is 25.3 Å². The van der Waals surface area contributed by atoms with Crippen LogP contribution in [0.3, 0.4) is 0 Å². The Hall–Kier alpha value is -2.43. The van der Waals surface area contributed by atoms with Crippen LogP contribution in [0.5, 0.6) is 0 Å². The first kappa shape index (κ1) is 12.6. The molecule has 3 N–H and O–H groups in total. The topological polar surface area (TPSA) is 80.9 Å². The molecule has 0 aliphatic heterocycles. The molecule has 1 atom stereocenters. The summed E-state index contributed by atoms with van der Waals surface area (Å²) in [6, 6.07) is 8.82. The summed E-state index contributed by atoms with van der Waals surface area (Å²) in [7, 11) is 0. The summed E-state index contributed by atoms with van der Waals surface area (Å²) in [5, 5.41) is 3.31. The molecule has 1 aromatic carbocycles. The van der Waals surface area contributed by atoms with Crippen LogP contribution >= 0.6 is 0 Å². The third-order valence-corrected chi connectivity index (χ3v) is 3.62. The smallest absolute Gasteiger partial charge is 0.251 e. The van der Waals surface area contributed by atoms with Gasteiger partial charge < -0.3 is 11.1 Å². The van der Waals surface area contributed by atoms with Gasteiger partial charge in [-0.05, 0) is 30.4 Å². The summed E-state index contributed by atoms with van der Waals surface area (Å²) in [6.07, 6.45) is 5.99. The van der Waals surface area contributed by atoms with Gasteiger partial charge in [0.1, 0.15) is 0 Å². The number of benzene rings is 1. The van der Waals surface area contributed by atoms with Crippen molar-refractivity contribution in [3.05, 3.63) is 53.3 Å². The lowest BCUT2D eigenvalue weighted by Gasteiger charge is -2.25. The van der Waals surface area contributed by atoms with Crippen molar-refractivity contribution in [3.63, 3.8) is 0 Å². The molecular weight excluding hydrogens is 252 g/mol. The zero-order valence-electron chi connectivity index (χ0n) is 11.0. The zero-order valence-corrected chi connectivity index (χ0v) is 11.0. The van der Waals surface area contributed by atoms with Crippen LogP contribution in [-0.2, 0) is 12.8 Å². The molecule has 0 radical (unpaired) electrons. The first-order chi connectivity index (χ1) is 9.72. The van der Waals surface area contributed by atoms with Crippen molar-refractivity contribution in [1.82, 2.24) is 9.97 Å². The highest BCUT2D eigenvalue weighted by Crippen LogP contribution is 2.22. The lowest BCUT2D eigenvalue weighted by molar-refractivity contribution is 0.0999. The van der Waals surface area contributed by atoms with Crippen LogP contribution in [0.2, 0.25) is 0 Å². The highest BCUT2D eigenvalue weighted by molar-refractivity contribution is 5.92. The Morgan fingerprint density at radius 3 is 2.60 bits per heavy atom. The van der Waals surface area contributed by atoms with Gasteiger partial charge in [-0.15, -0.1) is 0 Å². The van der Waals surface area contributed by atoms with Crippen LogP contribution < -0.4 is 11.1 Å². The van der Waals surface area contributed by atoms with Crippen molar-refractivity contribution >= 4 is 11.9 Å². The number of hydrogen-bond acceptors (Lipinski definition) is 4. The Morgan fingerprint density at radius 2 is 1.90 bits per heavy atom. The van der Waals surface area contributed by atoms with Gasteiger partial charge in [0, 0.05) is 18.4 Å². The summed E-state index contributed by atoms with van der Waals surface area (Å²) in [6.45, 7) is 0. The number of carbonyl (C=O) groups excluding carboxylic acids is 1. The van der Waals surface area contributed by atoms with Crippen molar-refractivity contribution in [2.24, 2.45) is 5.73 Å². The third-order valence-electron chi connectivity index (χ3n) is 3.62. The van der Waals surface area contributed by atoms with Gasteiger partial charge in [0.25, 0.3) is 5.91 Å². The highest BCUT2D eigenvalue weighted by atomic mass is 16.1. The quantitative estimate of drug-likeness (QED) is 0.885. The maximum atomic E-state index is 11.0. The van der Waals surface area contributed by atoms with Gasteiger partial charge in [0.2, 0.25) is 5.95 Å². The minimum atomic E-state index is -0.511. The number of carbonyl (C=O) groups is 1. The largest absolute Gasteiger partial charge is 0.366 e. The van der Waals surface area contributed by atoms with E-state index in [2.05, 4.69) is 39.6 Å². The average Bonchev–Trinajstić information content (AvgIpc) is 2.48. The molecule has 2 aromatic rings. The monoisotopic (exact) mass is 268 g/mol. The Morgan fingerprint density at radius 1 is 1.20 bits per heavy atom. The molecule has 5 nitrogen and oxygen atoms in total. The number of aryl methyl sites for hydroxylation is 1. The molecule has 0 saturated heterocycles. The standard InChI is InChI=1S/C15H16N4O/c16-14(20)12-8-17-15(18-9-12)19-13-6-5-10-3-1-2-4-11(10)7-13/h1-4,8-9,13H,5-7H2,(H2,16,20)(H,17,18,19)/t13-/m0/s1. The van der Waals surface area contributed by atoms with Crippen LogP contribution in [0.15, 0.2) is 36.7 Å². The van der Waals surface area contributed by atoms with Crippen molar-refractivity contribution in [1.29, 1.82) is 0 Å². The number of fused-ring (bicyclic) bond motifs is 1. The van der Waals surface area contributed by atoms with Gasteiger partial charge >= 0.3 is 0 Å². The van der Waals surface area contributed by atoms with E-state index in [0.29, 0.717) is 17.6 Å². The second-order valence-corrected chi connectivity index (χ2v) is 5.01. The molecular formula is C15H16N4O. The molecule has 0 spiro atoms. The minimum Gasteiger partial charge on any atom is -0.366 e. The van der Waals surface area contributed by atoms with E-state index in [9.17, 15) is 4.79 Å². The lowest BCUT2D eigenvalue weighted by Crippen LogP contribution is -2.28. The first-order valence-corrected chi connectivity index (χ1v) is 6.67. The number of aromatic nitrogens is 2. The van der Waals surface area contributed by atoms with Crippen LogP contribution in [0.25, 0.3) is 0 Å². The minimum absolute atomic E-state index is 0.323. The lowest BCUT2D eigenvalue weighted by atomic mass is 9.88.